The van der Waals surface area contributed by atoms with Crippen LogP contribution in [0.2, 0.25) is 6.32 Å². The first-order valence-electron chi connectivity index (χ1n) is 8.35. The van der Waals surface area contributed by atoms with E-state index in [4.69, 9.17) is 15.1 Å². The van der Waals surface area contributed by atoms with E-state index in [2.05, 4.69) is 4.74 Å². The predicted octanol–water partition coefficient (Wildman–Crippen LogP) is -0.636. The van der Waals surface area contributed by atoms with Crippen LogP contribution in [0.4, 0.5) is 0 Å². The van der Waals surface area contributed by atoms with Crippen molar-refractivity contribution in [3.05, 3.63) is 23.3 Å². The van der Waals surface area contributed by atoms with E-state index in [0.717, 1.165) is 5.56 Å². The number of rotatable bonds is 6. The number of carboxylic acids is 1. The van der Waals surface area contributed by atoms with Gasteiger partial charge in [-0.3, -0.25) is 9.69 Å². The van der Waals surface area contributed by atoms with E-state index in [1.165, 1.54) is 7.11 Å². The molecule has 0 aromatic heterocycles. The van der Waals surface area contributed by atoms with E-state index in [1.54, 1.807) is 12.1 Å². The number of benzene rings is 1. The second-order valence-electron chi connectivity index (χ2n) is 6.43. The van der Waals surface area contributed by atoms with Crippen LogP contribution >= 0.6 is 0 Å². The van der Waals surface area contributed by atoms with Crippen molar-refractivity contribution < 1.29 is 33.8 Å². The van der Waals surface area contributed by atoms with Crippen molar-refractivity contribution in [2.45, 2.75) is 24.9 Å². The molecule has 3 rings (SSSR count). The van der Waals surface area contributed by atoms with Crippen LogP contribution in [0, 0.1) is 0 Å². The highest BCUT2D eigenvalue weighted by atomic mass is 16.5. The number of ether oxygens (including phenoxy) is 2. The summed E-state index contributed by atoms with van der Waals surface area (Å²) in [6, 6.07) is 2.65. The lowest BCUT2D eigenvalue weighted by molar-refractivity contribution is -0.143. The van der Waals surface area contributed by atoms with Crippen molar-refractivity contribution in [3.8, 4) is 11.5 Å². The highest BCUT2D eigenvalue weighted by molar-refractivity contribution is 6.44. The Kier molecular flexibility index (Phi) is 5.35. The Balaban J connectivity index is 1.65. The Bertz CT molecular complexity index is 708. The maximum absolute atomic E-state index is 11.7. The predicted molar refractivity (Wildman–Crippen MR) is 91.4 cm³/mol. The first kappa shape index (κ1) is 18.5. The van der Waals surface area contributed by atoms with Crippen molar-refractivity contribution in [1.29, 1.82) is 0 Å². The fraction of sp³-hybridized carbons (Fsp3) is 0.500. The lowest BCUT2D eigenvalue weighted by Gasteiger charge is -2.40. The molecule has 0 radical (unpaired) electrons. The molecule has 1 aromatic rings. The Morgan fingerprint density at radius 3 is 2.85 bits per heavy atom. The number of methoxy groups -OCH3 is 1. The van der Waals surface area contributed by atoms with Crippen molar-refractivity contribution in [2.24, 2.45) is 5.73 Å². The number of fused-ring (bicyclic) bond motifs is 1. The molecule has 1 aromatic carbocycles. The minimum absolute atomic E-state index is 0.0778. The number of hydrogen-bond donors (Lipinski definition) is 3. The number of hydrogen-bond acceptors (Lipinski definition) is 8. The van der Waals surface area contributed by atoms with Crippen LogP contribution in [0.3, 0.4) is 0 Å². The van der Waals surface area contributed by atoms with Gasteiger partial charge in [0.1, 0.15) is 29.2 Å². The summed E-state index contributed by atoms with van der Waals surface area (Å²) in [5.74, 6) is -1.28. The molecule has 0 spiro atoms. The normalized spacial score (nSPS) is 18.3. The zero-order chi connectivity index (χ0) is 18.8. The van der Waals surface area contributed by atoms with Crippen LogP contribution in [-0.2, 0) is 16.0 Å². The van der Waals surface area contributed by atoms with Gasteiger partial charge in [-0.05, 0) is 24.4 Å². The summed E-state index contributed by atoms with van der Waals surface area (Å²) < 4.78 is 15.7. The van der Waals surface area contributed by atoms with E-state index in [0.29, 0.717) is 32.4 Å². The standard InChI is InChI=1S/C16H21BN2O7/c1-24-16(22)11(18)8-19-6-10(7-19)25-12-3-2-9-4-5-17(23)26-14(9)13(12)15(20)21/h2-3,10-11,23H,4-8,18H2,1H3,(H,20,21). The molecule has 1 atom stereocenters. The molecule has 0 amide bonds. The van der Waals surface area contributed by atoms with E-state index in [9.17, 15) is 19.7 Å². The van der Waals surface area contributed by atoms with Gasteiger partial charge in [0, 0.05) is 19.6 Å². The summed E-state index contributed by atoms with van der Waals surface area (Å²) in [5.41, 5.74) is 6.37. The summed E-state index contributed by atoms with van der Waals surface area (Å²) in [7, 11) is 0.266. The third-order valence-electron chi connectivity index (χ3n) is 4.51. The molecule has 0 bridgehead atoms. The van der Waals surface area contributed by atoms with Gasteiger partial charge in [0.25, 0.3) is 0 Å². The van der Waals surface area contributed by atoms with Crippen LogP contribution in [0.25, 0.3) is 0 Å². The number of esters is 1. The third kappa shape index (κ3) is 3.77. The van der Waals surface area contributed by atoms with E-state index >= 15 is 0 Å². The highest BCUT2D eigenvalue weighted by Crippen LogP contribution is 2.37. The topological polar surface area (TPSA) is 132 Å². The van der Waals surface area contributed by atoms with E-state index < -0.39 is 25.1 Å². The molecule has 2 aliphatic rings. The van der Waals surface area contributed by atoms with Crippen LogP contribution in [-0.4, -0.2) is 73.0 Å². The summed E-state index contributed by atoms with van der Waals surface area (Å²) in [6.45, 7) is 1.38. The van der Waals surface area contributed by atoms with Crippen molar-refractivity contribution in [2.75, 3.05) is 26.7 Å². The number of aromatic carboxylic acids is 1. The Morgan fingerprint density at radius 1 is 1.46 bits per heavy atom. The SMILES string of the molecule is COC(=O)C(N)CN1CC(Oc2ccc3c(c2C(=O)O)OB(O)CC3)C1. The minimum atomic E-state index is -1.17. The molecule has 1 unspecified atom stereocenters. The third-order valence-corrected chi connectivity index (χ3v) is 4.51. The second-order valence-corrected chi connectivity index (χ2v) is 6.43. The Morgan fingerprint density at radius 2 is 2.19 bits per heavy atom. The zero-order valence-electron chi connectivity index (χ0n) is 14.4. The Labute approximate surface area is 150 Å². The summed E-state index contributed by atoms with van der Waals surface area (Å²) >= 11 is 0. The molecule has 26 heavy (non-hydrogen) atoms. The van der Waals surface area contributed by atoms with Gasteiger partial charge in [-0.1, -0.05) is 6.07 Å². The number of nitrogens with two attached hydrogens (primary N) is 1. The Hall–Kier alpha value is -2.30. The lowest BCUT2D eigenvalue weighted by atomic mass is 9.78. The summed E-state index contributed by atoms with van der Waals surface area (Å²) in [6.07, 6.45) is 0.744. The first-order chi connectivity index (χ1) is 12.4. The largest absolute Gasteiger partial charge is 0.535 e. The number of likely N-dealkylation sites (tertiary alicyclic amines) is 1. The number of nitrogens with zero attached hydrogens (tertiary/aromatic N) is 1. The van der Waals surface area contributed by atoms with Crippen molar-refractivity contribution in [3.63, 3.8) is 0 Å². The van der Waals surface area contributed by atoms with Gasteiger partial charge in [0.15, 0.2) is 0 Å². The molecular formula is C16H21BN2O7. The van der Waals surface area contributed by atoms with E-state index in [-0.39, 0.29) is 23.2 Å². The van der Waals surface area contributed by atoms with Gasteiger partial charge in [-0.25, -0.2) is 4.79 Å². The number of carbonyl (C=O) groups is 2. The quantitative estimate of drug-likeness (QED) is 0.446. The molecule has 1 saturated heterocycles. The maximum Gasteiger partial charge on any atom is 0.522 e. The average Bonchev–Trinajstić information content (AvgIpc) is 2.57. The van der Waals surface area contributed by atoms with Crippen molar-refractivity contribution >= 4 is 19.1 Å². The smallest absolute Gasteiger partial charge is 0.522 e. The first-order valence-corrected chi connectivity index (χ1v) is 8.35. The highest BCUT2D eigenvalue weighted by Gasteiger charge is 2.34. The molecule has 9 nitrogen and oxygen atoms in total. The fourth-order valence-electron chi connectivity index (χ4n) is 3.14. The van der Waals surface area contributed by atoms with Crippen LogP contribution in [0.1, 0.15) is 15.9 Å². The summed E-state index contributed by atoms with van der Waals surface area (Å²) in [4.78, 5) is 24.9. The second kappa shape index (κ2) is 7.52. The van der Waals surface area contributed by atoms with E-state index in [1.807, 2.05) is 4.90 Å². The van der Waals surface area contributed by atoms with Gasteiger partial charge in [0.2, 0.25) is 0 Å². The molecule has 1 fully saturated rings. The molecule has 0 aliphatic carbocycles. The van der Waals surface area contributed by atoms with Gasteiger partial charge < -0.3 is 30.0 Å². The molecule has 10 heteroatoms. The monoisotopic (exact) mass is 364 g/mol. The molecule has 140 valence electrons. The molecule has 0 saturated carbocycles. The minimum Gasteiger partial charge on any atom is -0.535 e. The number of aryl methyl sites for hydroxylation is 1. The van der Waals surface area contributed by atoms with Gasteiger partial charge in [-0.2, -0.15) is 0 Å². The lowest BCUT2D eigenvalue weighted by Crippen LogP contribution is -2.58. The number of carboxylic acid groups (broad SMARTS) is 1. The van der Waals surface area contributed by atoms with Crippen molar-refractivity contribution in [1.82, 2.24) is 4.90 Å². The molecular weight excluding hydrogens is 343 g/mol. The van der Waals surface area contributed by atoms with Gasteiger partial charge in [0.05, 0.1) is 7.11 Å². The van der Waals surface area contributed by atoms with Crippen LogP contribution in [0.5, 0.6) is 11.5 Å². The fourth-order valence-corrected chi connectivity index (χ4v) is 3.14. The van der Waals surface area contributed by atoms with Crippen LogP contribution in [0.15, 0.2) is 12.1 Å². The molecule has 2 aliphatic heterocycles. The molecule has 4 N–H and O–H groups in total. The summed E-state index contributed by atoms with van der Waals surface area (Å²) in [5, 5.41) is 19.2. The average molecular weight is 364 g/mol. The molecule has 2 heterocycles. The number of carbonyl (C=O) groups excluding carboxylic acids is 1. The van der Waals surface area contributed by atoms with Gasteiger partial charge in [-0.15, -0.1) is 0 Å². The van der Waals surface area contributed by atoms with Gasteiger partial charge >= 0.3 is 19.1 Å². The zero-order valence-corrected chi connectivity index (χ0v) is 14.4. The van der Waals surface area contributed by atoms with Crippen LogP contribution < -0.4 is 15.1 Å². The maximum atomic E-state index is 11.7.